The quantitative estimate of drug-likeness (QED) is 0.577. The Hall–Kier alpha value is -3.68. The smallest absolute Gasteiger partial charge is 0.270 e. The Morgan fingerprint density at radius 3 is 3.03 bits per heavy atom. The second kappa shape index (κ2) is 9.67. The number of nitrogens with one attached hydrogen (secondary N) is 2. The van der Waals surface area contributed by atoms with Crippen LogP contribution in [-0.4, -0.2) is 52.9 Å². The summed E-state index contributed by atoms with van der Waals surface area (Å²) in [5, 5.41) is 15.6. The molecule has 4 heterocycles. The number of anilines is 1. The molecule has 34 heavy (non-hydrogen) atoms. The number of nitriles is 1. The van der Waals surface area contributed by atoms with E-state index in [1.54, 1.807) is 42.6 Å². The van der Waals surface area contributed by atoms with Crippen molar-refractivity contribution in [1.82, 2.24) is 15.3 Å². The van der Waals surface area contributed by atoms with E-state index < -0.39 is 0 Å². The number of carbonyl (C=O) groups excluding carboxylic acids is 2. The number of fused-ring (bicyclic) bond motifs is 2. The monoisotopic (exact) mass is 475 g/mol. The van der Waals surface area contributed by atoms with Crippen molar-refractivity contribution in [3.8, 4) is 11.8 Å². The molecule has 2 amide bonds. The Kier molecular flexibility index (Phi) is 6.29. The molecule has 2 aromatic heterocycles. The van der Waals surface area contributed by atoms with Crippen molar-refractivity contribution in [2.24, 2.45) is 0 Å². The van der Waals surface area contributed by atoms with Crippen molar-refractivity contribution in [2.75, 3.05) is 24.3 Å². The Morgan fingerprint density at radius 1 is 1.29 bits per heavy atom. The fraction of sp³-hybridized carbons (Fsp3) is 0.292. The third-order valence-corrected chi connectivity index (χ3v) is 6.72. The zero-order valence-electron chi connectivity index (χ0n) is 18.1. The normalized spacial score (nSPS) is 19.6. The number of nitrogens with zero attached hydrogens (tertiary/aromatic N) is 3. The summed E-state index contributed by atoms with van der Waals surface area (Å²) in [6.45, 7) is 0.729. The molecule has 2 aliphatic heterocycles. The van der Waals surface area contributed by atoms with Crippen molar-refractivity contribution >= 4 is 40.3 Å². The molecule has 2 aliphatic rings. The van der Waals surface area contributed by atoms with Gasteiger partial charge in [0.05, 0.1) is 46.6 Å². The van der Waals surface area contributed by atoms with E-state index in [4.69, 9.17) is 14.7 Å². The summed E-state index contributed by atoms with van der Waals surface area (Å²) < 4.78 is 11.9. The Balaban J connectivity index is 1.14. The van der Waals surface area contributed by atoms with Crippen LogP contribution in [0.3, 0.4) is 0 Å². The molecule has 10 heteroatoms. The lowest BCUT2D eigenvalue weighted by molar-refractivity contribution is -0.113. The molecule has 0 aliphatic carbocycles. The summed E-state index contributed by atoms with van der Waals surface area (Å²) in [7, 11) is 0. The van der Waals surface area contributed by atoms with Gasteiger partial charge in [0.1, 0.15) is 23.9 Å². The highest BCUT2D eigenvalue weighted by atomic mass is 32.2. The summed E-state index contributed by atoms with van der Waals surface area (Å²) in [6, 6.07) is 12.5. The largest absolute Gasteiger partial charge is 0.490 e. The first-order valence-electron chi connectivity index (χ1n) is 10.9. The summed E-state index contributed by atoms with van der Waals surface area (Å²) >= 11 is 1.40. The highest BCUT2D eigenvalue weighted by molar-refractivity contribution is 8.00. The average Bonchev–Trinajstić information content (AvgIpc) is 2.87. The number of hydrogen-bond donors (Lipinski definition) is 2. The number of hydrogen-bond acceptors (Lipinski definition) is 8. The van der Waals surface area contributed by atoms with E-state index in [9.17, 15) is 9.59 Å². The number of benzene rings is 1. The van der Waals surface area contributed by atoms with Crippen LogP contribution in [0.2, 0.25) is 0 Å². The number of rotatable bonds is 5. The SMILES string of the molecule is N#Cc1ccc2nccc(OC[C@@H]3CC[C@@H](NC(=O)c4ccc5c(n4)NC(=O)CS5)CO3)c2c1. The molecule has 9 nitrogen and oxygen atoms in total. The van der Waals surface area contributed by atoms with Gasteiger partial charge in [-0.1, -0.05) is 0 Å². The van der Waals surface area contributed by atoms with E-state index in [-0.39, 0.29) is 29.7 Å². The lowest BCUT2D eigenvalue weighted by Crippen LogP contribution is -2.44. The first kappa shape index (κ1) is 22.1. The number of ether oxygens (including phenoxy) is 2. The van der Waals surface area contributed by atoms with Gasteiger partial charge in [-0.3, -0.25) is 14.6 Å². The molecule has 1 saturated heterocycles. The minimum Gasteiger partial charge on any atom is -0.490 e. The molecule has 0 saturated carbocycles. The molecular weight excluding hydrogens is 454 g/mol. The van der Waals surface area contributed by atoms with Crippen molar-refractivity contribution < 1.29 is 19.1 Å². The van der Waals surface area contributed by atoms with Crippen LogP contribution >= 0.6 is 11.8 Å². The van der Waals surface area contributed by atoms with Gasteiger partial charge in [0.25, 0.3) is 5.91 Å². The van der Waals surface area contributed by atoms with E-state index >= 15 is 0 Å². The van der Waals surface area contributed by atoms with Crippen LogP contribution in [0.1, 0.15) is 28.9 Å². The van der Waals surface area contributed by atoms with Crippen LogP contribution in [0.5, 0.6) is 5.75 Å². The summed E-state index contributed by atoms with van der Waals surface area (Å²) in [6.07, 6.45) is 3.04. The maximum atomic E-state index is 12.6. The number of carbonyl (C=O) groups is 2. The standard InChI is InChI=1S/C24H21N5O4S/c25-10-14-1-4-18-17(9-14)20(7-8-26-18)33-12-16-3-2-15(11-32-16)27-24(31)19-5-6-21-23(28-19)29-22(30)13-34-21/h1,4-9,15-16H,2-3,11-13H2,(H,27,31)(H,28,29,30)/t15-,16+/m1/s1. The molecule has 0 radical (unpaired) electrons. The lowest BCUT2D eigenvalue weighted by atomic mass is 10.1. The van der Waals surface area contributed by atoms with Gasteiger partial charge in [-0.15, -0.1) is 11.8 Å². The maximum absolute atomic E-state index is 12.6. The van der Waals surface area contributed by atoms with E-state index in [1.807, 2.05) is 0 Å². The average molecular weight is 476 g/mol. The molecule has 2 N–H and O–H groups in total. The fourth-order valence-corrected chi connectivity index (χ4v) is 4.66. The number of aromatic nitrogens is 2. The molecule has 1 aromatic carbocycles. The fourth-order valence-electron chi connectivity index (χ4n) is 3.90. The molecule has 2 atom stereocenters. The van der Waals surface area contributed by atoms with Gasteiger partial charge in [-0.25, -0.2) is 4.98 Å². The summed E-state index contributed by atoms with van der Waals surface area (Å²) in [4.78, 5) is 33.7. The molecule has 172 valence electrons. The zero-order chi connectivity index (χ0) is 23.5. The molecular formula is C24H21N5O4S. The van der Waals surface area contributed by atoms with E-state index in [0.717, 1.165) is 28.6 Å². The van der Waals surface area contributed by atoms with E-state index in [1.165, 1.54) is 11.8 Å². The second-order valence-corrected chi connectivity index (χ2v) is 9.06. The van der Waals surface area contributed by atoms with Crippen molar-refractivity contribution in [3.05, 3.63) is 53.9 Å². The molecule has 5 rings (SSSR count). The van der Waals surface area contributed by atoms with Gasteiger partial charge in [0.15, 0.2) is 0 Å². The van der Waals surface area contributed by atoms with Gasteiger partial charge in [-0.2, -0.15) is 5.26 Å². The Bertz CT molecular complexity index is 1300. The second-order valence-electron chi connectivity index (χ2n) is 8.05. The molecule has 0 spiro atoms. The van der Waals surface area contributed by atoms with Gasteiger partial charge < -0.3 is 20.1 Å². The number of pyridine rings is 2. The molecule has 1 fully saturated rings. The van der Waals surface area contributed by atoms with Gasteiger partial charge in [-0.05, 0) is 49.2 Å². The van der Waals surface area contributed by atoms with Crippen LogP contribution in [0.15, 0.2) is 47.5 Å². The van der Waals surface area contributed by atoms with Crippen LogP contribution in [-0.2, 0) is 9.53 Å². The third kappa shape index (κ3) is 4.81. The van der Waals surface area contributed by atoms with Crippen LogP contribution in [0.4, 0.5) is 5.82 Å². The minimum atomic E-state index is -0.299. The molecule has 0 bridgehead atoms. The van der Waals surface area contributed by atoms with Gasteiger partial charge >= 0.3 is 0 Å². The zero-order valence-corrected chi connectivity index (χ0v) is 18.9. The predicted octanol–water partition coefficient (Wildman–Crippen LogP) is 2.90. The van der Waals surface area contributed by atoms with Crippen molar-refractivity contribution in [3.63, 3.8) is 0 Å². The highest BCUT2D eigenvalue weighted by Gasteiger charge is 2.25. The highest BCUT2D eigenvalue weighted by Crippen LogP contribution is 2.30. The number of thioether (sulfide) groups is 1. The third-order valence-electron chi connectivity index (χ3n) is 5.67. The predicted molar refractivity (Wildman–Crippen MR) is 126 cm³/mol. The van der Waals surface area contributed by atoms with Gasteiger partial charge in [0.2, 0.25) is 5.91 Å². The van der Waals surface area contributed by atoms with E-state index in [0.29, 0.717) is 36.1 Å². The first-order chi connectivity index (χ1) is 16.6. The lowest BCUT2D eigenvalue weighted by Gasteiger charge is -2.29. The minimum absolute atomic E-state index is 0.107. The van der Waals surface area contributed by atoms with Gasteiger partial charge in [0, 0.05) is 11.6 Å². The van der Waals surface area contributed by atoms with Crippen LogP contribution < -0.4 is 15.4 Å². The molecule has 0 unspecified atom stereocenters. The van der Waals surface area contributed by atoms with Crippen LogP contribution in [0.25, 0.3) is 10.9 Å². The van der Waals surface area contributed by atoms with E-state index in [2.05, 4.69) is 26.7 Å². The van der Waals surface area contributed by atoms with Crippen molar-refractivity contribution in [2.45, 2.75) is 29.9 Å². The Morgan fingerprint density at radius 2 is 2.21 bits per heavy atom. The topological polar surface area (TPSA) is 126 Å². The molecule has 3 aromatic rings. The maximum Gasteiger partial charge on any atom is 0.270 e. The summed E-state index contributed by atoms with van der Waals surface area (Å²) in [5.41, 5.74) is 1.57. The first-order valence-corrected chi connectivity index (χ1v) is 11.9. The van der Waals surface area contributed by atoms with Crippen molar-refractivity contribution in [1.29, 1.82) is 5.26 Å². The summed E-state index contributed by atoms with van der Waals surface area (Å²) in [5.74, 6) is 1.01. The van der Waals surface area contributed by atoms with Crippen LogP contribution in [0, 0.1) is 11.3 Å². The Labute approximate surface area is 199 Å². The number of amides is 2.